The van der Waals surface area contributed by atoms with Crippen LogP contribution in [-0.2, 0) is 0 Å². The Morgan fingerprint density at radius 2 is 1.44 bits per heavy atom. The van der Waals surface area contributed by atoms with Gasteiger partial charge in [0.05, 0.1) is 5.60 Å². The van der Waals surface area contributed by atoms with Crippen molar-refractivity contribution in [3.63, 3.8) is 0 Å². The number of aliphatic hydroxyl groups is 1. The van der Waals surface area contributed by atoms with Gasteiger partial charge >= 0.3 is 0 Å². The Kier molecular flexibility index (Phi) is 10.0. The van der Waals surface area contributed by atoms with Gasteiger partial charge in [0.1, 0.15) is 0 Å². The van der Waals surface area contributed by atoms with E-state index < -0.39 is 5.60 Å². The van der Waals surface area contributed by atoms with Crippen LogP contribution >= 0.6 is 0 Å². The van der Waals surface area contributed by atoms with Gasteiger partial charge in [-0.2, -0.15) is 0 Å². The number of rotatable bonds is 11. The zero-order valence-corrected chi connectivity index (χ0v) is 11.5. The molecule has 0 aliphatic heterocycles. The first-order chi connectivity index (χ1) is 7.68. The minimum atomic E-state index is -0.484. The first kappa shape index (κ1) is 15.9. The van der Waals surface area contributed by atoms with Gasteiger partial charge in [-0.25, -0.2) is 0 Å². The van der Waals surface area contributed by atoms with Crippen LogP contribution in [0.5, 0.6) is 0 Å². The van der Waals surface area contributed by atoms with Gasteiger partial charge < -0.3 is 10.4 Å². The molecule has 0 spiro atoms. The highest BCUT2D eigenvalue weighted by atomic mass is 16.3. The van der Waals surface area contributed by atoms with E-state index in [1.807, 2.05) is 0 Å². The lowest BCUT2D eigenvalue weighted by molar-refractivity contribution is 0.0327. The van der Waals surface area contributed by atoms with Gasteiger partial charge in [-0.1, -0.05) is 52.9 Å². The molecule has 0 amide bonds. The third-order valence-electron chi connectivity index (χ3n) is 3.48. The molecule has 0 atom stereocenters. The Bertz CT molecular complexity index is 144. The van der Waals surface area contributed by atoms with Crippen molar-refractivity contribution >= 4 is 0 Å². The lowest BCUT2D eigenvalue weighted by Crippen LogP contribution is -2.39. The number of hydrogen-bond acceptors (Lipinski definition) is 2. The smallest absolute Gasteiger partial charge is 0.0766 e. The molecule has 0 aliphatic rings. The summed E-state index contributed by atoms with van der Waals surface area (Å²) in [5.41, 5.74) is -0.484. The van der Waals surface area contributed by atoms with E-state index in [2.05, 4.69) is 26.1 Å². The van der Waals surface area contributed by atoms with Gasteiger partial charge in [0.2, 0.25) is 0 Å². The van der Waals surface area contributed by atoms with Crippen LogP contribution in [0.4, 0.5) is 0 Å². The summed E-state index contributed by atoms with van der Waals surface area (Å²) in [5, 5.41) is 13.4. The first-order valence-corrected chi connectivity index (χ1v) is 7.11. The fourth-order valence-corrected chi connectivity index (χ4v) is 1.85. The second-order valence-electron chi connectivity index (χ2n) is 4.88. The molecule has 0 aliphatic carbocycles. The van der Waals surface area contributed by atoms with Gasteiger partial charge in [-0.15, -0.1) is 0 Å². The average Bonchev–Trinajstić information content (AvgIpc) is 2.32. The van der Waals surface area contributed by atoms with E-state index in [9.17, 15) is 5.11 Å². The summed E-state index contributed by atoms with van der Waals surface area (Å²) in [6.07, 6.45) is 9.68. The molecule has 0 aromatic heterocycles. The topological polar surface area (TPSA) is 32.3 Å². The Balaban J connectivity index is 3.26. The second-order valence-corrected chi connectivity index (χ2v) is 4.88. The quantitative estimate of drug-likeness (QED) is 0.532. The Morgan fingerprint density at radius 3 is 2.00 bits per heavy atom. The van der Waals surface area contributed by atoms with E-state index in [0.29, 0.717) is 0 Å². The molecule has 2 N–H and O–H groups in total. The molecule has 2 heteroatoms. The summed E-state index contributed by atoms with van der Waals surface area (Å²) >= 11 is 0. The van der Waals surface area contributed by atoms with Crippen LogP contribution in [-0.4, -0.2) is 23.8 Å². The largest absolute Gasteiger partial charge is 0.389 e. The SMILES string of the molecule is CCCCCCCCNCC(O)(CC)CC. The predicted octanol–water partition coefficient (Wildman–Crippen LogP) is 3.49. The van der Waals surface area contributed by atoms with Crippen LogP contribution < -0.4 is 5.32 Å². The maximum absolute atomic E-state index is 10.0. The van der Waals surface area contributed by atoms with Gasteiger partial charge in [-0.05, 0) is 25.8 Å². The average molecular weight is 229 g/mol. The number of nitrogens with one attached hydrogen (secondary N) is 1. The zero-order chi connectivity index (χ0) is 12.3. The molecule has 0 rings (SSSR count). The maximum Gasteiger partial charge on any atom is 0.0766 e. The van der Waals surface area contributed by atoms with E-state index >= 15 is 0 Å². The maximum atomic E-state index is 10.0. The molecular formula is C14H31NO. The molecule has 0 unspecified atom stereocenters. The minimum Gasteiger partial charge on any atom is -0.389 e. The molecule has 2 nitrogen and oxygen atoms in total. The summed E-state index contributed by atoms with van der Waals surface area (Å²) in [6, 6.07) is 0. The highest BCUT2D eigenvalue weighted by Crippen LogP contribution is 2.12. The van der Waals surface area contributed by atoms with E-state index in [0.717, 1.165) is 25.9 Å². The Hall–Kier alpha value is -0.0800. The normalized spacial score (nSPS) is 12.0. The van der Waals surface area contributed by atoms with Crippen molar-refractivity contribution < 1.29 is 5.11 Å². The third-order valence-corrected chi connectivity index (χ3v) is 3.48. The van der Waals surface area contributed by atoms with Crippen molar-refractivity contribution in [2.75, 3.05) is 13.1 Å². The third kappa shape index (κ3) is 8.12. The molecule has 98 valence electrons. The fraction of sp³-hybridized carbons (Fsp3) is 1.00. The van der Waals surface area contributed by atoms with E-state index in [4.69, 9.17) is 0 Å². The van der Waals surface area contributed by atoms with Crippen molar-refractivity contribution in [3.8, 4) is 0 Å². The van der Waals surface area contributed by atoms with Crippen LogP contribution in [0.3, 0.4) is 0 Å². The molecular weight excluding hydrogens is 198 g/mol. The van der Waals surface area contributed by atoms with E-state index in [1.54, 1.807) is 0 Å². The van der Waals surface area contributed by atoms with Crippen molar-refractivity contribution in [2.45, 2.75) is 77.7 Å². The van der Waals surface area contributed by atoms with Crippen LogP contribution in [0.1, 0.15) is 72.1 Å². The Labute approximate surface area is 102 Å². The lowest BCUT2D eigenvalue weighted by Gasteiger charge is -2.25. The molecule has 16 heavy (non-hydrogen) atoms. The summed E-state index contributed by atoms with van der Waals surface area (Å²) in [6.45, 7) is 8.15. The number of unbranched alkanes of at least 4 members (excludes halogenated alkanes) is 5. The molecule has 0 aromatic rings. The zero-order valence-electron chi connectivity index (χ0n) is 11.5. The van der Waals surface area contributed by atoms with Gasteiger partial charge in [-0.3, -0.25) is 0 Å². The van der Waals surface area contributed by atoms with Crippen LogP contribution in [0.15, 0.2) is 0 Å². The molecule has 0 aromatic carbocycles. The first-order valence-electron chi connectivity index (χ1n) is 7.11. The fourth-order valence-electron chi connectivity index (χ4n) is 1.85. The summed E-state index contributed by atoms with van der Waals surface area (Å²) in [5.74, 6) is 0. The molecule has 0 saturated carbocycles. The van der Waals surface area contributed by atoms with Crippen molar-refractivity contribution in [3.05, 3.63) is 0 Å². The minimum absolute atomic E-state index is 0.484. The van der Waals surface area contributed by atoms with Crippen molar-refractivity contribution in [1.82, 2.24) is 5.32 Å². The van der Waals surface area contributed by atoms with E-state index in [1.165, 1.54) is 38.5 Å². The van der Waals surface area contributed by atoms with Crippen LogP contribution in [0.25, 0.3) is 0 Å². The molecule has 0 bridgehead atoms. The predicted molar refractivity (Wildman–Crippen MR) is 71.8 cm³/mol. The summed E-state index contributed by atoms with van der Waals surface area (Å²) in [4.78, 5) is 0. The van der Waals surface area contributed by atoms with Crippen LogP contribution in [0, 0.1) is 0 Å². The standard InChI is InChI=1S/C14H31NO/c1-4-7-8-9-10-11-12-15-13-14(16,5-2)6-3/h15-16H,4-13H2,1-3H3. The second kappa shape index (κ2) is 10.1. The summed E-state index contributed by atoms with van der Waals surface area (Å²) < 4.78 is 0. The highest BCUT2D eigenvalue weighted by molar-refractivity contribution is 4.77. The van der Waals surface area contributed by atoms with Crippen LogP contribution in [0.2, 0.25) is 0 Å². The van der Waals surface area contributed by atoms with Crippen molar-refractivity contribution in [1.29, 1.82) is 0 Å². The Morgan fingerprint density at radius 1 is 0.875 bits per heavy atom. The lowest BCUT2D eigenvalue weighted by atomic mass is 9.97. The van der Waals surface area contributed by atoms with Gasteiger partial charge in [0.25, 0.3) is 0 Å². The molecule has 0 radical (unpaired) electrons. The molecule has 0 fully saturated rings. The van der Waals surface area contributed by atoms with Gasteiger partial charge in [0.15, 0.2) is 0 Å². The van der Waals surface area contributed by atoms with E-state index in [-0.39, 0.29) is 0 Å². The monoisotopic (exact) mass is 229 g/mol. The van der Waals surface area contributed by atoms with Crippen molar-refractivity contribution in [2.24, 2.45) is 0 Å². The molecule has 0 saturated heterocycles. The molecule has 0 heterocycles. The number of hydrogen-bond donors (Lipinski definition) is 2. The highest BCUT2D eigenvalue weighted by Gasteiger charge is 2.20. The summed E-state index contributed by atoms with van der Waals surface area (Å²) in [7, 11) is 0. The van der Waals surface area contributed by atoms with Gasteiger partial charge in [0, 0.05) is 6.54 Å².